The molecule has 0 unspecified atom stereocenters. The van der Waals surface area contributed by atoms with Crippen molar-refractivity contribution in [2.75, 3.05) is 7.11 Å². The molecule has 72 valence electrons. The number of halogens is 2. The molecule has 0 spiro atoms. The Morgan fingerprint density at radius 1 is 1.43 bits per heavy atom. The second kappa shape index (κ2) is 4.58. The zero-order chi connectivity index (χ0) is 10.7. The fourth-order valence-corrected chi connectivity index (χ4v) is 2.15. The summed E-state index contributed by atoms with van der Waals surface area (Å²) in [6.07, 6.45) is 0. The van der Waals surface area contributed by atoms with E-state index < -0.39 is 5.97 Å². The molecular weight excluding hydrogens is 314 g/mol. The van der Waals surface area contributed by atoms with Gasteiger partial charge in [0.05, 0.1) is 18.2 Å². The Hall–Kier alpha value is -0.860. The molecule has 0 heterocycles. The van der Waals surface area contributed by atoms with Gasteiger partial charge in [-0.05, 0) is 44.0 Å². The molecule has 3 nitrogen and oxygen atoms in total. The van der Waals surface area contributed by atoms with Crippen molar-refractivity contribution in [2.45, 2.75) is 0 Å². The summed E-state index contributed by atoms with van der Waals surface area (Å²) >= 11 is 6.42. The fraction of sp³-hybridized carbons (Fsp3) is 0.111. The van der Waals surface area contributed by atoms with Crippen LogP contribution in [0.4, 0.5) is 0 Å². The maximum atomic E-state index is 11.2. The minimum absolute atomic E-state index is 0.340. The van der Waals surface area contributed by atoms with Gasteiger partial charge in [0.2, 0.25) is 0 Å². The molecule has 0 saturated heterocycles. The zero-order valence-corrected chi connectivity index (χ0v) is 10.3. The largest absolute Gasteiger partial charge is 0.465 e. The predicted octanol–water partition coefficient (Wildman–Crippen LogP) is 2.87. The molecule has 0 aliphatic heterocycles. The van der Waals surface area contributed by atoms with Gasteiger partial charge in [-0.2, -0.15) is 5.26 Å². The summed E-state index contributed by atoms with van der Waals surface area (Å²) in [5.41, 5.74) is 0.737. The number of carbonyl (C=O) groups excluding carboxylic acids is 1. The summed E-state index contributed by atoms with van der Waals surface area (Å²) in [7, 11) is 1.29. The number of ether oxygens (including phenoxy) is 1. The van der Waals surface area contributed by atoms with Gasteiger partial charge in [-0.15, -0.1) is 0 Å². The smallest absolute Gasteiger partial charge is 0.339 e. The van der Waals surface area contributed by atoms with Crippen molar-refractivity contribution in [1.29, 1.82) is 5.26 Å². The van der Waals surface area contributed by atoms with E-state index >= 15 is 0 Å². The van der Waals surface area contributed by atoms with E-state index in [2.05, 4.69) is 36.6 Å². The quantitative estimate of drug-likeness (QED) is 0.748. The van der Waals surface area contributed by atoms with Crippen molar-refractivity contribution in [2.24, 2.45) is 0 Å². The van der Waals surface area contributed by atoms with Gasteiger partial charge in [-0.25, -0.2) is 4.79 Å². The first-order valence-corrected chi connectivity index (χ1v) is 5.16. The van der Waals surface area contributed by atoms with Crippen molar-refractivity contribution in [1.82, 2.24) is 0 Å². The monoisotopic (exact) mass is 317 g/mol. The molecule has 0 bridgehead atoms. The molecule has 0 saturated carbocycles. The molecule has 0 N–H and O–H groups in total. The average Bonchev–Trinajstić information content (AvgIpc) is 2.17. The number of methoxy groups -OCH3 is 1. The number of carbonyl (C=O) groups is 1. The Labute approximate surface area is 97.9 Å². The molecule has 1 aromatic rings. The van der Waals surface area contributed by atoms with Crippen LogP contribution in [-0.2, 0) is 4.74 Å². The molecule has 1 aromatic carbocycles. The molecule has 0 aliphatic carbocycles. The third-order valence-electron chi connectivity index (χ3n) is 1.58. The van der Waals surface area contributed by atoms with Crippen LogP contribution in [0.5, 0.6) is 0 Å². The highest BCUT2D eigenvalue weighted by Gasteiger charge is 2.13. The fourth-order valence-electron chi connectivity index (χ4n) is 0.901. The first kappa shape index (κ1) is 11.2. The van der Waals surface area contributed by atoms with Crippen LogP contribution in [-0.4, -0.2) is 13.1 Å². The van der Waals surface area contributed by atoms with Gasteiger partial charge in [0.15, 0.2) is 0 Å². The van der Waals surface area contributed by atoms with Gasteiger partial charge in [0.1, 0.15) is 6.07 Å². The lowest BCUT2D eigenvalue weighted by Crippen LogP contribution is -2.03. The molecule has 0 atom stereocenters. The predicted molar refractivity (Wildman–Crippen MR) is 57.9 cm³/mol. The number of nitrogens with zero attached hydrogens (tertiary/aromatic N) is 1. The van der Waals surface area contributed by atoms with Crippen LogP contribution in [0.3, 0.4) is 0 Å². The van der Waals surface area contributed by atoms with Crippen LogP contribution in [0.25, 0.3) is 0 Å². The summed E-state index contributed by atoms with van der Waals surface area (Å²) in [5.74, 6) is -0.471. The van der Waals surface area contributed by atoms with Crippen LogP contribution in [0.2, 0.25) is 0 Å². The van der Waals surface area contributed by atoms with E-state index in [0.717, 1.165) is 0 Å². The molecule has 14 heavy (non-hydrogen) atoms. The van der Waals surface area contributed by atoms with Gasteiger partial charge in [-0.1, -0.05) is 0 Å². The summed E-state index contributed by atoms with van der Waals surface area (Å²) in [6.45, 7) is 0. The average molecular weight is 319 g/mol. The van der Waals surface area contributed by atoms with E-state index in [0.29, 0.717) is 20.1 Å². The van der Waals surface area contributed by atoms with Crippen molar-refractivity contribution in [3.63, 3.8) is 0 Å². The Bertz CT molecular complexity index is 424. The topological polar surface area (TPSA) is 50.1 Å². The van der Waals surface area contributed by atoms with Gasteiger partial charge < -0.3 is 4.74 Å². The number of benzene rings is 1. The standard InChI is InChI=1S/C9H5Br2NO2/c1-14-9(13)6-2-5(4-12)7(10)3-8(6)11/h2-3H,1H3. The minimum atomic E-state index is -0.471. The van der Waals surface area contributed by atoms with Gasteiger partial charge >= 0.3 is 5.97 Å². The second-order valence-electron chi connectivity index (χ2n) is 2.42. The third-order valence-corrected chi connectivity index (χ3v) is 2.89. The SMILES string of the molecule is COC(=O)c1cc(C#N)c(Br)cc1Br. The number of hydrogen-bond donors (Lipinski definition) is 0. The highest BCUT2D eigenvalue weighted by molar-refractivity contribution is 9.11. The maximum absolute atomic E-state index is 11.2. The van der Waals surface area contributed by atoms with Gasteiger partial charge in [-0.3, -0.25) is 0 Å². The van der Waals surface area contributed by atoms with Crippen molar-refractivity contribution in [3.8, 4) is 6.07 Å². The molecule has 5 heteroatoms. The first-order valence-electron chi connectivity index (χ1n) is 3.57. The Morgan fingerprint density at radius 2 is 2.07 bits per heavy atom. The number of rotatable bonds is 1. The van der Waals surface area contributed by atoms with Crippen molar-refractivity contribution >= 4 is 37.8 Å². The van der Waals surface area contributed by atoms with Crippen LogP contribution < -0.4 is 0 Å². The number of nitriles is 1. The van der Waals surface area contributed by atoms with Crippen molar-refractivity contribution < 1.29 is 9.53 Å². The summed E-state index contributed by atoms with van der Waals surface area (Å²) in [6, 6.07) is 5.08. The number of hydrogen-bond acceptors (Lipinski definition) is 3. The van der Waals surface area contributed by atoms with Crippen LogP contribution in [0.15, 0.2) is 21.1 Å². The molecular formula is C9H5Br2NO2. The van der Waals surface area contributed by atoms with E-state index in [4.69, 9.17) is 5.26 Å². The molecule has 0 radical (unpaired) electrons. The molecule has 0 amide bonds. The van der Waals surface area contributed by atoms with Crippen LogP contribution in [0, 0.1) is 11.3 Å². The van der Waals surface area contributed by atoms with Gasteiger partial charge in [0.25, 0.3) is 0 Å². The first-order chi connectivity index (χ1) is 6.60. The Kier molecular flexibility index (Phi) is 3.67. The highest BCUT2D eigenvalue weighted by atomic mass is 79.9. The zero-order valence-electron chi connectivity index (χ0n) is 7.17. The lowest BCUT2D eigenvalue weighted by molar-refractivity contribution is 0.0599. The molecule has 0 aromatic heterocycles. The maximum Gasteiger partial charge on any atom is 0.339 e. The minimum Gasteiger partial charge on any atom is -0.465 e. The van der Waals surface area contributed by atoms with E-state index in [-0.39, 0.29) is 0 Å². The summed E-state index contributed by atoms with van der Waals surface area (Å²) < 4.78 is 5.79. The van der Waals surface area contributed by atoms with Gasteiger partial charge in [0, 0.05) is 8.95 Å². The highest BCUT2D eigenvalue weighted by Crippen LogP contribution is 2.26. The Morgan fingerprint density at radius 3 is 2.57 bits per heavy atom. The normalized spacial score (nSPS) is 9.29. The van der Waals surface area contributed by atoms with E-state index in [1.807, 2.05) is 6.07 Å². The molecule has 0 fully saturated rings. The molecule has 0 aliphatic rings. The van der Waals surface area contributed by atoms with E-state index in [1.165, 1.54) is 13.2 Å². The third kappa shape index (κ3) is 2.14. The lowest BCUT2D eigenvalue weighted by atomic mass is 10.1. The lowest BCUT2D eigenvalue weighted by Gasteiger charge is -2.03. The Balaban J connectivity index is 3.33. The van der Waals surface area contributed by atoms with Crippen LogP contribution in [0.1, 0.15) is 15.9 Å². The van der Waals surface area contributed by atoms with Crippen molar-refractivity contribution in [3.05, 3.63) is 32.2 Å². The van der Waals surface area contributed by atoms with E-state index in [1.54, 1.807) is 6.07 Å². The summed E-state index contributed by atoms with van der Waals surface area (Å²) in [5, 5.41) is 8.74. The van der Waals surface area contributed by atoms with E-state index in [9.17, 15) is 4.79 Å². The summed E-state index contributed by atoms with van der Waals surface area (Å²) in [4.78, 5) is 11.2. The number of esters is 1. The molecule has 1 rings (SSSR count). The van der Waals surface area contributed by atoms with Crippen LogP contribution >= 0.6 is 31.9 Å². The second-order valence-corrected chi connectivity index (χ2v) is 4.12.